The fourth-order valence-electron chi connectivity index (χ4n) is 1.80. The minimum absolute atomic E-state index is 0.186. The molecule has 88 valence electrons. The topological polar surface area (TPSA) is 37.1 Å². The van der Waals surface area contributed by atoms with Crippen molar-refractivity contribution in [2.24, 2.45) is 5.92 Å². The van der Waals surface area contributed by atoms with Gasteiger partial charge >= 0.3 is 0 Å². The molecule has 1 aromatic rings. The summed E-state index contributed by atoms with van der Waals surface area (Å²) in [4.78, 5) is 0.404. The highest BCUT2D eigenvalue weighted by molar-refractivity contribution is 7.89. The van der Waals surface area contributed by atoms with Gasteiger partial charge in [-0.15, -0.1) is 0 Å². The van der Waals surface area contributed by atoms with Gasteiger partial charge in [-0.3, -0.25) is 0 Å². The molecule has 1 fully saturated rings. The van der Waals surface area contributed by atoms with E-state index in [-0.39, 0.29) is 6.04 Å². The molecule has 0 aliphatic carbocycles. The van der Waals surface area contributed by atoms with E-state index in [1.54, 1.807) is 16.4 Å². The van der Waals surface area contributed by atoms with Crippen LogP contribution in [0.4, 0.5) is 0 Å². The summed E-state index contributed by atoms with van der Waals surface area (Å²) in [5.74, 6) is 0.389. The number of sulfonamides is 1. The monoisotopic (exact) mass is 239 g/mol. The molecule has 0 bridgehead atoms. The van der Waals surface area contributed by atoms with E-state index in [2.05, 4.69) is 13.8 Å². The van der Waals surface area contributed by atoms with Gasteiger partial charge < -0.3 is 0 Å². The molecule has 2 atom stereocenters. The van der Waals surface area contributed by atoms with Crippen LogP contribution in [0.15, 0.2) is 29.2 Å². The molecule has 1 aromatic carbocycles. The normalized spacial score (nSPS) is 24.8. The summed E-state index contributed by atoms with van der Waals surface area (Å²) in [5, 5.41) is 0. The first-order valence-corrected chi connectivity index (χ1v) is 6.95. The summed E-state index contributed by atoms with van der Waals surface area (Å²) in [5.41, 5.74) is 1.07. The summed E-state index contributed by atoms with van der Waals surface area (Å²) in [6.45, 7) is 6.71. The molecule has 0 spiro atoms. The summed E-state index contributed by atoms with van der Waals surface area (Å²) >= 11 is 0. The lowest BCUT2D eigenvalue weighted by atomic mass is 10.1. The summed E-state index contributed by atoms with van der Waals surface area (Å²) in [7, 11) is -3.24. The maximum absolute atomic E-state index is 12.1. The standard InChI is InChI=1S/C12H17NO2S/c1-9(2)12-8-13(12)16(14,15)11-6-4-10(3)5-7-11/h4-7,9,12H,8H2,1-3H3/t12-,13?/m0/s1. The Hall–Kier alpha value is -0.870. The number of nitrogens with zero attached hydrogens (tertiary/aromatic N) is 1. The molecular formula is C12H17NO2S. The molecule has 0 N–H and O–H groups in total. The van der Waals surface area contributed by atoms with Gasteiger partial charge in [0.1, 0.15) is 0 Å². The molecule has 1 aliphatic heterocycles. The highest BCUT2D eigenvalue weighted by Crippen LogP contribution is 2.32. The van der Waals surface area contributed by atoms with Crippen LogP contribution in [0.2, 0.25) is 0 Å². The van der Waals surface area contributed by atoms with Gasteiger partial charge in [0.05, 0.1) is 4.90 Å². The first kappa shape index (κ1) is 11.6. The average molecular weight is 239 g/mol. The Balaban J connectivity index is 2.24. The van der Waals surface area contributed by atoms with Crippen molar-refractivity contribution in [3.63, 3.8) is 0 Å². The van der Waals surface area contributed by atoms with Gasteiger partial charge in [0, 0.05) is 12.6 Å². The second-order valence-corrected chi connectivity index (χ2v) is 6.59. The Morgan fingerprint density at radius 3 is 2.25 bits per heavy atom. The van der Waals surface area contributed by atoms with Gasteiger partial charge in [-0.05, 0) is 25.0 Å². The van der Waals surface area contributed by atoms with Crippen molar-refractivity contribution < 1.29 is 8.42 Å². The van der Waals surface area contributed by atoms with Crippen molar-refractivity contribution in [1.82, 2.24) is 4.31 Å². The fraction of sp³-hybridized carbons (Fsp3) is 0.500. The van der Waals surface area contributed by atoms with E-state index < -0.39 is 10.0 Å². The van der Waals surface area contributed by atoms with E-state index in [9.17, 15) is 8.42 Å². The molecule has 1 saturated heterocycles. The Kier molecular flexibility index (Phi) is 2.80. The van der Waals surface area contributed by atoms with Gasteiger partial charge in [-0.25, -0.2) is 8.42 Å². The largest absolute Gasteiger partial charge is 0.243 e. The Labute approximate surface area is 97.1 Å². The number of aryl methyl sites for hydroxylation is 1. The zero-order valence-electron chi connectivity index (χ0n) is 9.84. The second kappa shape index (κ2) is 3.86. The lowest BCUT2D eigenvalue weighted by molar-refractivity contribution is 0.518. The third-order valence-electron chi connectivity index (χ3n) is 3.00. The van der Waals surface area contributed by atoms with Crippen molar-refractivity contribution in [2.45, 2.75) is 31.7 Å². The third-order valence-corrected chi connectivity index (χ3v) is 4.91. The molecule has 0 radical (unpaired) electrons. The lowest BCUT2D eigenvalue weighted by Gasteiger charge is -2.08. The van der Waals surface area contributed by atoms with Crippen molar-refractivity contribution in [1.29, 1.82) is 0 Å². The fourth-order valence-corrected chi connectivity index (χ4v) is 3.50. The Bertz CT molecular complexity index is 476. The summed E-state index contributed by atoms with van der Waals surface area (Å²) in [6, 6.07) is 7.22. The van der Waals surface area contributed by atoms with Crippen LogP contribution in [0, 0.1) is 12.8 Å². The van der Waals surface area contributed by atoms with Crippen molar-refractivity contribution >= 4 is 10.0 Å². The van der Waals surface area contributed by atoms with Gasteiger partial charge in [-0.2, -0.15) is 4.31 Å². The minimum atomic E-state index is -3.24. The zero-order valence-corrected chi connectivity index (χ0v) is 10.7. The van der Waals surface area contributed by atoms with Crippen molar-refractivity contribution in [3.05, 3.63) is 29.8 Å². The van der Waals surface area contributed by atoms with E-state index in [1.807, 2.05) is 19.1 Å². The summed E-state index contributed by atoms with van der Waals surface area (Å²) in [6.07, 6.45) is 0. The maximum Gasteiger partial charge on any atom is 0.243 e. The maximum atomic E-state index is 12.1. The first-order valence-electron chi connectivity index (χ1n) is 5.51. The predicted octanol–water partition coefficient (Wildman–Crippen LogP) is 2.02. The van der Waals surface area contributed by atoms with Crippen LogP contribution in [-0.4, -0.2) is 25.3 Å². The number of rotatable bonds is 3. The summed E-state index contributed by atoms with van der Waals surface area (Å²) < 4.78 is 25.9. The molecule has 0 saturated carbocycles. The lowest BCUT2D eigenvalue weighted by Crippen LogP contribution is -2.16. The van der Waals surface area contributed by atoms with Crippen molar-refractivity contribution in [3.8, 4) is 0 Å². The van der Waals surface area contributed by atoms with E-state index >= 15 is 0 Å². The van der Waals surface area contributed by atoms with Gasteiger partial charge in [0.15, 0.2) is 0 Å². The van der Waals surface area contributed by atoms with Crippen LogP contribution in [0.25, 0.3) is 0 Å². The highest BCUT2D eigenvalue weighted by Gasteiger charge is 2.45. The van der Waals surface area contributed by atoms with Crippen molar-refractivity contribution in [2.75, 3.05) is 6.54 Å². The van der Waals surface area contributed by atoms with E-state index in [4.69, 9.17) is 0 Å². The molecule has 4 heteroatoms. The molecule has 1 heterocycles. The van der Waals surface area contributed by atoms with Gasteiger partial charge in [-0.1, -0.05) is 31.5 Å². The molecule has 1 aliphatic rings. The molecular weight excluding hydrogens is 222 g/mol. The van der Waals surface area contributed by atoms with Crippen LogP contribution < -0.4 is 0 Å². The molecule has 3 nitrogen and oxygen atoms in total. The van der Waals surface area contributed by atoms with E-state index in [1.165, 1.54) is 0 Å². The highest BCUT2D eigenvalue weighted by atomic mass is 32.2. The zero-order chi connectivity index (χ0) is 11.9. The molecule has 16 heavy (non-hydrogen) atoms. The van der Waals surface area contributed by atoms with Crippen LogP contribution >= 0.6 is 0 Å². The van der Waals surface area contributed by atoms with Crippen LogP contribution in [0.3, 0.4) is 0 Å². The van der Waals surface area contributed by atoms with E-state index in [0.717, 1.165) is 5.56 Å². The molecule has 0 amide bonds. The SMILES string of the molecule is Cc1ccc(S(=O)(=O)N2C[C@H]2C(C)C)cc1. The first-order chi connectivity index (χ1) is 7.43. The van der Waals surface area contributed by atoms with Gasteiger partial charge in [0.25, 0.3) is 0 Å². The number of benzene rings is 1. The van der Waals surface area contributed by atoms with E-state index in [0.29, 0.717) is 17.4 Å². The number of hydrogen-bond acceptors (Lipinski definition) is 2. The average Bonchev–Trinajstić information content (AvgIpc) is 2.98. The van der Waals surface area contributed by atoms with Gasteiger partial charge in [0.2, 0.25) is 10.0 Å². The predicted molar refractivity (Wildman–Crippen MR) is 63.7 cm³/mol. The van der Waals surface area contributed by atoms with Crippen LogP contribution in [-0.2, 0) is 10.0 Å². The Morgan fingerprint density at radius 2 is 1.81 bits per heavy atom. The van der Waals surface area contributed by atoms with Crippen LogP contribution in [0.5, 0.6) is 0 Å². The number of hydrogen-bond donors (Lipinski definition) is 0. The molecule has 0 aromatic heterocycles. The molecule has 1 unspecified atom stereocenters. The molecule has 2 rings (SSSR count). The quantitative estimate of drug-likeness (QED) is 0.757. The smallest absolute Gasteiger partial charge is 0.207 e. The second-order valence-electron chi connectivity index (χ2n) is 4.70. The van der Waals surface area contributed by atoms with Crippen LogP contribution in [0.1, 0.15) is 19.4 Å². The third kappa shape index (κ3) is 1.99. The Morgan fingerprint density at radius 1 is 1.25 bits per heavy atom. The minimum Gasteiger partial charge on any atom is -0.207 e.